The van der Waals surface area contributed by atoms with Crippen molar-refractivity contribution in [2.45, 2.75) is 26.4 Å². The normalized spacial score (nSPS) is 16.5. The van der Waals surface area contributed by atoms with Gasteiger partial charge in [0.2, 0.25) is 0 Å². The molecule has 0 saturated carbocycles. The van der Waals surface area contributed by atoms with Crippen molar-refractivity contribution in [3.8, 4) is 5.75 Å². The highest BCUT2D eigenvalue weighted by molar-refractivity contribution is 6.08. The first-order valence-electron chi connectivity index (χ1n) is 10.2. The molecule has 7 nitrogen and oxygen atoms in total. The van der Waals surface area contributed by atoms with E-state index in [1.54, 1.807) is 30.0 Å². The van der Waals surface area contributed by atoms with Crippen molar-refractivity contribution in [3.63, 3.8) is 0 Å². The Morgan fingerprint density at radius 2 is 1.60 bits per heavy atom. The minimum atomic E-state index is -0.933. The summed E-state index contributed by atoms with van der Waals surface area (Å²) in [4.78, 5) is 25.3. The van der Waals surface area contributed by atoms with Gasteiger partial charge in [0.05, 0.1) is 11.3 Å². The van der Waals surface area contributed by atoms with Gasteiger partial charge in [-0.15, -0.1) is 0 Å². The number of phenols is 1. The molecular formula is C23H28N4O3. The van der Waals surface area contributed by atoms with Gasteiger partial charge in [-0.3, -0.25) is 4.79 Å². The maximum Gasteiger partial charge on any atom is 0.251 e. The molecule has 0 aromatic heterocycles. The molecular weight excluding hydrogens is 380 g/mol. The molecule has 1 atom stereocenters. The first kappa shape index (κ1) is 21.5. The van der Waals surface area contributed by atoms with E-state index < -0.39 is 6.10 Å². The van der Waals surface area contributed by atoms with Crippen LogP contribution in [-0.2, 0) is 4.79 Å². The zero-order valence-corrected chi connectivity index (χ0v) is 17.4. The molecule has 1 aliphatic heterocycles. The Labute approximate surface area is 177 Å². The van der Waals surface area contributed by atoms with Crippen LogP contribution in [0.5, 0.6) is 5.75 Å². The van der Waals surface area contributed by atoms with Gasteiger partial charge >= 0.3 is 0 Å². The summed E-state index contributed by atoms with van der Waals surface area (Å²) in [5.41, 5.74) is 1.30. The Morgan fingerprint density at radius 1 is 1.00 bits per heavy atom. The lowest BCUT2D eigenvalue weighted by Crippen LogP contribution is -2.52. The molecule has 30 heavy (non-hydrogen) atoms. The van der Waals surface area contributed by atoms with Gasteiger partial charge < -0.3 is 20.0 Å². The standard InChI is InChI=1S/C23H28N4O3/c1-3-20(28)23(30)27-15-13-26(14-16-27)17(2)24-22(19-11-7-8-12-21(19)29)25-18-9-5-4-6-10-18/h4-12,20,28-29H,3,13-16H2,1-2H3. The third-order valence-corrected chi connectivity index (χ3v) is 5.12. The van der Waals surface area contributed by atoms with Gasteiger partial charge in [0.1, 0.15) is 17.7 Å². The number of rotatable bonds is 4. The highest BCUT2D eigenvalue weighted by Gasteiger charge is 2.25. The lowest BCUT2D eigenvalue weighted by molar-refractivity contribution is -0.141. The number of amidine groups is 2. The summed E-state index contributed by atoms with van der Waals surface area (Å²) in [7, 11) is 0. The summed E-state index contributed by atoms with van der Waals surface area (Å²) in [6.45, 7) is 6.00. The molecule has 0 radical (unpaired) electrons. The van der Waals surface area contributed by atoms with Crippen LogP contribution in [0, 0.1) is 0 Å². The molecule has 0 bridgehead atoms. The van der Waals surface area contributed by atoms with Crippen molar-refractivity contribution in [2.75, 3.05) is 26.2 Å². The average Bonchev–Trinajstić information content (AvgIpc) is 2.78. The van der Waals surface area contributed by atoms with E-state index in [0.29, 0.717) is 44.0 Å². The Balaban J connectivity index is 1.81. The van der Waals surface area contributed by atoms with Crippen LogP contribution in [-0.4, -0.2) is 69.9 Å². The minimum Gasteiger partial charge on any atom is -0.507 e. The summed E-state index contributed by atoms with van der Waals surface area (Å²) in [6.07, 6.45) is -0.517. The largest absolute Gasteiger partial charge is 0.507 e. The second kappa shape index (κ2) is 10.0. The molecule has 158 valence electrons. The van der Waals surface area contributed by atoms with Gasteiger partial charge in [-0.25, -0.2) is 9.98 Å². The van der Waals surface area contributed by atoms with Crippen molar-refractivity contribution in [1.82, 2.24) is 9.80 Å². The van der Waals surface area contributed by atoms with E-state index in [4.69, 9.17) is 4.99 Å². The number of piperazine rings is 1. The second-order valence-corrected chi connectivity index (χ2v) is 7.18. The number of carbonyl (C=O) groups is 1. The number of hydrogen-bond acceptors (Lipinski definition) is 4. The van der Waals surface area contributed by atoms with Crippen LogP contribution >= 0.6 is 0 Å². The Morgan fingerprint density at radius 3 is 2.23 bits per heavy atom. The van der Waals surface area contributed by atoms with E-state index in [2.05, 4.69) is 9.89 Å². The predicted octanol–water partition coefficient (Wildman–Crippen LogP) is 2.80. The first-order valence-corrected chi connectivity index (χ1v) is 10.2. The quantitative estimate of drug-likeness (QED) is 0.601. The zero-order valence-electron chi connectivity index (χ0n) is 17.4. The van der Waals surface area contributed by atoms with Crippen LogP contribution in [0.3, 0.4) is 0 Å². The number of phenolic OH excluding ortho intramolecular Hbond substituents is 1. The smallest absolute Gasteiger partial charge is 0.251 e. The molecule has 1 amide bonds. The van der Waals surface area contributed by atoms with Gasteiger partial charge in [0.15, 0.2) is 5.84 Å². The molecule has 1 fully saturated rings. The summed E-state index contributed by atoms with van der Waals surface area (Å²) >= 11 is 0. The van der Waals surface area contributed by atoms with Crippen molar-refractivity contribution >= 4 is 23.3 Å². The van der Waals surface area contributed by atoms with E-state index in [-0.39, 0.29) is 11.7 Å². The fraction of sp³-hybridized carbons (Fsp3) is 0.348. The maximum absolute atomic E-state index is 12.2. The molecule has 0 aliphatic carbocycles. The molecule has 1 aliphatic rings. The summed E-state index contributed by atoms with van der Waals surface area (Å²) in [6, 6.07) is 16.5. The molecule has 1 heterocycles. The van der Waals surface area contributed by atoms with E-state index >= 15 is 0 Å². The Kier molecular flexibility index (Phi) is 7.19. The number of aromatic hydroxyl groups is 1. The van der Waals surface area contributed by atoms with E-state index in [1.165, 1.54) is 0 Å². The van der Waals surface area contributed by atoms with E-state index in [0.717, 1.165) is 11.5 Å². The molecule has 2 N–H and O–H groups in total. The fourth-order valence-electron chi connectivity index (χ4n) is 3.29. The number of aliphatic hydroxyl groups is 1. The number of carbonyl (C=O) groups excluding carboxylic acids is 1. The topological polar surface area (TPSA) is 88.7 Å². The van der Waals surface area contributed by atoms with Gasteiger partial charge in [-0.05, 0) is 37.6 Å². The SMILES string of the molecule is CCC(O)C(=O)N1CCN(C(C)=NC(=Nc2ccccc2)c2ccccc2O)CC1. The maximum atomic E-state index is 12.2. The third kappa shape index (κ3) is 5.24. The highest BCUT2D eigenvalue weighted by Crippen LogP contribution is 2.21. The second-order valence-electron chi connectivity index (χ2n) is 7.18. The molecule has 1 saturated heterocycles. The van der Waals surface area contributed by atoms with E-state index in [1.807, 2.05) is 43.3 Å². The van der Waals surface area contributed by atoms with Gasteiger partial charge in [0, 0.05) is 26.2 Å². The first-order chi connectivity index (χ1) is 14.5. The number of para-hydroxylation sites is 2. The molecule has 3 rings (SSSR count). The van der Waals surface area contributed by atoms with Crippen molar-refractivity contribution in [3.05, 3.63) is 60.2 Å². The van der Waals surface area contributed by atoms with Gasteiger partial charge in [-0.2, -0.15) is 0 Å². The van der Waals surface area contributed by atoms with Gasteiger partial charge in [-0.1, -0.05) is 37.3 Å². The van der Waals surface area contributed by atoms with Crippen molar-refractivity contribution in [2.24, 2.45) is 9.98 Å². The summed E-state index contributed by atoms with van der Waals surface area (Å²) in [5.74, 6) is 1.09. The van der Waals surface area contributed by atoms with Crippen LogP contribution in [0.1, 0.15) is 25.8 Å². The third-order valence-electron chi connectivity index (χ3n) is 5.12. The molecule has 0 spiro atoms. The highest BCUT2D eigenvalue weighted by atomic mass is 16.3. The Bertz CT molecular complexity index is 919. The van der Waals surface area contributed by atoms with Crippen LogP contribution < -0.4 is 0 Å². The number of aliphatic hydroxyl groups excluding tert-OH is 1. The van der Waals surface area contributed by atoms with Crippen LogP contribution in [0.15, 0.2) is 64.6 Å². The summed E-state index contributed by atoms with van der Waals surface area (Å²) < 4.78 is 0. The van der Waals surface area contributed by atoms with Crippen LogP contribution in [0.4, 0.5) is 5.69 Å². The van der Waals surface area contributed by atoms with Gasteiger partial charge in [0.25, 0.3) is 5.91 Å². The zero-order chi connectivity index (χ0) is 21.5. The number of aliphatic imine (C=N–C) groups is 2. The average molecular weight is 409 g/mol. The molecule has 2 aromatic carbocycles. The molecule has 1 unspecified atom stereocenters. The predicted molar refractivity (Wildman–Crippen MR) is 118 cm³/mol. The van der Waals surface area contributed by atoms with Crippen LogP contribution in [0.2, 0.25) is 0 Å². The number of hydrogen-bond donors (Lipinski definition) is 2. The van der Waals surface area contributed by atoms with Crippen molar-refractivity contribution < 1.29 is 15.0 Å². The fourth-order valence-corrected chi connectivity index (χ4v) is 3.29. The van der Waals surface area contributed by atoms with E-state index in [9.17, 15) is 15.0 Å². The lowest BCUT2D eigenvalue weighted by Gasteiger charge is -2.36. The molecule has 2 aromatic rings. The summed E-state index contributed by atoms with van der Waals surface area (Å²) in [5, 5.41) is 20.1. The monoisotopic (exact) mass is 408 g/mol. The minimum absolute atomic E-state index is 0.118. The Hall–Kier alpha value is -3.19. The number of amides is 1. The number of nitrogens with zero attached hydrogens (tertiary/aromatic N) is 4. The van der Waals surface area contributed by atoms with Crippen LogP contribution in [0.25, 0.3) is 0 Å². The van der Waals surface area contributed by atoms with Crippen molar-refractivity contribution in [1.29, 1.82) is 0 Å². The number of benzene rings is 2. The molecule has 7 heteroatoms. The lowest BCUT2D eigenvalue weighted by atomic mass is 10.2.